The zero-order chi connectivity index (χ0) is 16.8. The van der Waals surface area contributed by atoms with Crippen molar-refractivity contribution in [1.82, 2.24) is 20.2 Å². The number of carboxylic acid groups (broad SMARTS) is 1. The van der Waals surface area contributed by atoms with Crippen LogP contribution in [0, 0.1) is 0 Å². The Morgan fingerprint density at radius 3 is 2.96 bits per heavy atom. The summed E-state index contributed by atoms with van der Waals surface area (Å²) in [7, 11) is 1.96. The lowest BCUT2D eigenvalue weighted by Gasteiger charge is -2.43. The third-order valence-corrected chi connectivity index (χ3v) is 5.50. The number of hydrogen-bond acceptors (Lipinski definition) is 6. The van der Waals surface area contributed by atoms with Crippen LogP contribution in [0.4, 0.5) is 0 Å². The van der Waals surface area contributed by atoms with Crippen molar-refractivity contribution in [2.24, 2.45) is 0 Å². The van der Waals surface area contributed by atoms with Gasteiger partial charge in [-0.15, -0.1) is 11.8 Å². The molecule has 4 aliphatic rings. The van der Waals surface area contributed by atoms with Crippen LogP contribution in [0.1, 0.15) is 6.42 Å². The number of hydrogen-bond donors (Lipinski definition) is 2. The van der Waals surface area contributed by atoms with Gasteiger partial charge >= 0.3 is 5.97 Å². The molecule has 0 spiro atoms. The van der Waals surface area contributed by atoms with Gasteiger partial charge in [0, 0.05) is 25.2 Å². The maximum absolute atomic E-state index is 11.7. The Morgan fingerprint density at radius 1 is 1.38 bits per heavy atom. The van der Waals surface area contributed by atoms with Gasteiger partial charge < -0.3 is 10.0 Å². The van der Waals surface area contributed by atoms with Crippen LogP contribution in [0.3, 0.4) is 0 Å². The predicted molar refractivity (Wildman–Crippen MR) is 89.6 cm³/mol. The Kier molecular flexibility index (Phi) is 3.42. The molecule has 0 aliphatic carbocycles. The molecule has 24 heavy (non-hydrogen) atoms. The summed E-state index contributed by atoms with van der Waals surface area (Å²) < 4.78 is 0. The van der Waals surface area contributed by atoms with Crippen molar-refractivity contribution in [3.05, 3.63) is 59.5 Å². The Labute approximate surface area is 143 Å². The number of allylic oxidation sites excluding steroid dienone is 4. The molecule has 0 radical (unpaired) electrons. The average Bonchev–Trinajstić information content (AvgIpc) is 2.92. The minimum atomic E-state index is -1.05. The van der Waals surface area contributed by atoms with Gasteiger partial charge in [-0.1, -0.05) is 6.08 Å². The van der Waals surface area contributed by atoms with Crippen LogP contribution in [0.25, 0.3) is 0 Å². The molecule has 7 nitrogen and oxygen atoms in total. The molecular formula is C16H16N4O3S. The molecule has 4 aliphatic heterocycles. The number of hydrazine groups is 1. The van der Waals surface area contributed by atoms with Gasteiger partial charge in [0.15, 0.2) is 0 Å². The monoisotopic (exact) mass is 344 g/mol. The minimum Gasteiger partial charge on any atom is -0.477 e. The number of carbonyl (C=O) groups is 2. The summed E-state index contributed by atoms with van der Waals surface area (Å²) in [5.74, 6) is 0.431. The molecule has 4 heterocycles. The number of rotatable bonds is 3. The highest BCUT2D eigenvalue weighted by Gasteiger charge is 2.44. The van der Waals surface area contributed by atoms with Gasteiger partial charge in [0.2, 0.25) is 5.91 Å². The SMILES string of the molecule is CN1C=CN2NC(/C=C/C3=C(C(=O)O)N4C(=O)C[C@@H]4SC3)=CC=C12. The topological polar surface area (TPSA) is 76.1 Å². The molecular weight excluding hydrogens is 328 g/mol. The van der Waals surface area contributed by atoms with E-state index in [2.05, 4.69) is 5.43 Å². The predicted octanol–water partition coefficient (Wildman–Crippen LogP) is 1.15. The minimum absolute atomic E-state index is 0.0245. The van der Waals surface area contributed by atoms with E-state index in [1.54, 1.807) is 17.8 Å². The summed E-state index contributed by atoms with van der Waals surface area (Å²) >= 11 is 1.60. The molecule has 8 heteroatoms. The quantitative estimate of drug-likeness (QED) is 0.744. The fraction of sp³-hybridized carbons (Fsp3) is 0.250. The number of nitrogens with one attached hydrogen (secondary N) is 1. The summed E-state index contributed by atoms with van der Waals surface area (Å²) in [5.41, 5.74) is 4.84. The standard InChI is InChI=1S/C16H16N4O3S/c1-18-6-7-19-12(18)5-4-11(17-19)3-2-10-9-24-14-8-13(21)20(14)15(10)16(22)23/h2-7,14,17H,8-9H2,1H3,(H,22,23)/b3-2+/t14-/m0/s1. The zero-order valence-corrected chi connectivity index (χ0v) is 13.8. The zero-order valence-electron chi connectivity index (χ0n) is 13.0. The number of β-lactam (4-membered cyclic amide) rings is 1. The highest BCUT2D eigenvalue weighted by atomic mass is 32.2. The van der Waals surface area contributed by atoms with Crippen LogP contribution in [0.5, 0.6) is 0 Å². The molecule has 0 bridgehead atoms. The van der Waals surface area contributed by atoms with Crippen molar-refractivity contribution in [2.45, 2.75) is 11.8 Å². The largest absolute Gasteiger partial charge is 0.477 e. The Balaban J connectivity index is 1.59. The molecule has 124 valence electrons. The summed E-state index contributed by atoms with van der Waals surface area (Å²) in [6.07, 6.45) is 11.8. The molecule has 1 fully saturated rings. The number of aliphatic carboxylic acids is 1. The van der Waals surface area contributed by atoms with Crippen molar-refractivity contribution < 1.29 is 14.7 Å². The second-order valence-corrected chi connectivity index (χ2v) is 6.95. The van der Waals surface area contributed by atoms with Gasteiger partial charge in [-0.3, -0.25) is 15.1 Å². The molecule has 1 atom stereocenters. The van der Waals surface area contributed by atoms with Crippen LogP contribution < -0.4 is 5.43 Å². The first kappa shape index (κ1) is 14.9. The van der Waals surface area contributed by atoms with E-state index in [1.807, 2.05) is 47.6 Å². The lowest BCUT2D eigenvalue weighted by Crippen LogP contribution is -2.53. The van der Waals surface area contributed by atoms with E-state index in [9.17, 15) is 14.7 Å². The van der Waals surface area contributed by atoms with Crippen molar-refractivity contribution in [2.75, 3.05) is 12.8 Å². The van der Waals surface area contributed by atoms with E-state index in [-0.39, 0.29) is 17.0 Å². The molecule has 1 saturated heterocycles. The second kappa shape index (κ2) is 5.48. The van der Waals surface area contributed by atoms with E-state index in [0.717, 1.165) is 11.5 Å². The van der Waals surface area contributed by atoms with Crippen LogP contribution in [0.15, 0.2) is 59.5 Å². The number of fused-ring (bicyclic) bond motifs is 2. The van der Waals surface area contributed by atoms with Crippen molar-refractivity contribution >= 4 is 23.6 Å². The summed E-state index contributed by atoms with van der Waals surface area (Å²) in [5, 5.41) is 11.3. The van der Waals surface area contributed by atoms with Crippen LogP contribution >= 0.6 is 11.8 Å². The van der Waals surface area contributed by atoms with Crippen LogP contribution in [-0.2, 0) is 9.59 Å². The molecule has 2 N–H and O–H groups in total. The maximum Gasteiger partial charge on any atom is 0.352 e. The van der Waals surface area contributed by atoms with E-state index < -0.39 is 5.97 Å². The van der Waals surface area contributed by atoms with Crippen LogP contribution in [-0.4, -0.2) is 50.0 Å². The molecule has 0 aromatic carbocycles. The van der Waals surface area contributed by atoms with E-state index in [4.69, 9.17) is 0 Å². The highest BCUT2D eigenvalue weighted by Crippen LogP contribution is 2.40. The van der Waals surface area contributed by atoms with Gasteiger partial charge in [-0.05, 0) is 23.8 Å². The second-order valence-electron chi connectivity index (χ2n) is 5.78. The Bertz CT molecular complexity index is 780. The third-order valence-electron chi connectivity index (χ3n) is 4.26. The number of carboxylic acids is 1. The smallest absolute Gasteiger partial charge is 0.352 e. The summed E-state index contributed by atoms with van der Waals surface area (Å²) in [6, 6.07) is 0. The highest BCUT2D eigenvalue weighted by molar-refractivity contribution is 8.00. The van der Waals surface area contributed by atoms with Gasteiger partial charge in [0.05, 0.1) is 17.5 Å². The number of thioether (sulfide) groups is 1. The number of nitrogens with zero attached hydrogens (tertiary/aromatic N) is 3. The molecule has 0 saturated carbocycles. The Hall–Kier alpha value is -2.61. The fourth-order valence-corrected chi connectivity index (χ4v) is 4.21. The van der Waals surface area contributed by atoms with Crippen LogP contribution in [0.2, 0.25) is 0 Å². The van der Waals surface area contributed by atoms with Gasteiger partial charge in [-0.25, -0.2) is 9.80 Å². The molecule has 0 aromatic heterocycles. The first-order valence-corrected chi connectivity index (χ1v) is 8.56. The Morgan fingerprint density at radius 2 is 2.21 bits per heavy atom. The maximum atomic E-state index is 11.7. The molecule has 1 amide bonds. The first-order valence-electron chi connectivity index (χ1n) is 7.52. The third kappa shape index (κ3) is 2.30. The summed E-state index contributed by atoms with van der Waals surface area (Å²) in [4.78, 5) is 26.7. The average molecular weight is 344 g/mol. The van der Waals surface area contributed by atoms with E-state index in [0.29, 0.717) is 17.7 Å². The lowest BCUT2D eigenvalue weighted by atomic mass is 10.1. The fourth-order valence-electron chi connectivity index (χ4n) is 2.97. The lowest BCUT2D eigenvalue weighted by molar-refractivity contribution is -0.146. The van der Waals surface area contributed by atoms with Crippen molar-refractivity contribution in [3.63, 3.8) is 0 Å². The van der Waals surface area contributed by atoms with Gasteiger partial charge in [0.25, 0.3) is 0 Å². The molecule has 4 rings (SSSR count). The molecule has 0 unspecified atom stereocenters. The van der Waals surface area contributed by atoms with E-state index >= 15 is 0 Å². The van der Waals surface area contributed by atoms with E-state index in [1.165, 1.54) is 4.90 Å². The molecule has 0 aromatic rings. The van der Waals surface area contributed by atoms with Crippen molar-refractivity contribution in [3.8, 4) is 0 Å². The number of carbonyl (C=O) groups excluding carboxylic acids is 1. The first-order chi connectivity index (χ1) is 11.5. The van der Waals surface area contributed by atoms with Gasteiger partial charge in [-0.2, -0.15) is 0 Å². The number of amides is 1. The normalized spacial score (nSPS) is 25.3. The summed E-state index contributed by atoms with van der Waals surface area (Å²) in [6.45, 7) is 0. The van der Waals surface area contributed by atoms with Crippen molar-refractivity contribution in [1.29, 1.82) is 0 Å². The van der Waals surface area contributed by atoms with Gasteiger partial charge in [0.1, 0.15) is 11.5 Å².